The summed E-state index contributed by atoms with van der Waals surface area (Å²) in [4.78, 5) is 2.61. The maximum Gasteiger partial charge on any atom is 0.258 e. The van der Waals surface area contributed by atoms with E-state index in [-0.39, 0.29) is 31.9 Å². The first-order valence-corrected chi connectivity index (χ1v) is 18.3. The van der Waals surface area contributed by atoms with Gasteiger partial charge in [0, 0.05) is 24.2 Å². The van der Waals surface area contributed by atoms with Crippen LogP contribution in [0.25, 0.3) is 0 Å². The van der Waals surface area contributed by atoms with Gasteiger partial charge in [0.15, 0.2) is 5.11 Å². The second-order valence-electron chi connectivity index (χ2n) is 10.7. The third kappa shape index (κ3) is 7.48. The topological polar surface area (TPSA) is 91.9 Å². The summed E-state index contributed by atoms with van der Waals surface area (Å²) in [6.07, 6.45) is 1.68. The number of thiocarbonyl (C=S) groups is 1. The van der Waals surface area contributed by atoms with Crippen molar-refractivity contribution in [2.75, 3.05) is 30.9 Å². The van der Waals surface area contributed by atoms with Crippen LogP contribution in [-0.2, 0) is 14.8 Å². The van der Waals surface area contributed by atoms with E-state index in [1.165, 1.54) is 6.07 Å². The van der Waals surface area contributed by atoms with E-state index in [0.29, 0.717) is 18.8 Å². The SMILES string of the molecule is COC[C@H]1CCCN1NS(=O)(=O)c1c(Cl)ccc(NC(=S)Nc2ccccc2Br)c1O[Si](C)(C)C(C)(C)C. The van der Waals surface area contributed by atoms with Crippen LogP contribution in [0.15, 0.2) is 45.8 Å². The molecule has 3 N–H and O–H groups in total. The minimum Gasteiger partial charge on any atom is -0.541 e. The van der Waals surface area contributed by atoms with Crippen LogP contribution in [0, 0.1) is 0 Å². The Morgan fingerprint density at radius 1 is 1.18 bits per heavy atom. The van der Waals surface area contributed by atoms with Crippen molar-refractivity contribution in [3.05, 3.63) is 45.9 Å². The molecular formula is C25H36BrClN4O4S2Si. The summed E-state index contributed by atoms with van der Waals surface area (Å²) in [5.74, 6) is 0.148. The minimum absolute atomic E-state index is 0.0592. The predicted octanol–water partition coefficient (Wildman–Crippen LogP) is 6.60. The number of ether oxygens (including phenoxy) is 1. The molecule has 0 aromatic heterocycles. The first-order valence-electron chi connectivity index (χ1n) is 12.3. The molecule has 1 saturated heterocycles. The quantitative estimate of drug-likeness (QED) is 0.204. The number of sulfonamides is 1. The number of para-hydroxylation sites is 1. The van der Waals surface area contributed by atoms with Gasteiger partial charge < -0.3 is 19.8 Å². The Morgan fingerprint density at radius 2 is 1.84 bits per heavy atom. The van der Waals surface area contributed by atoms with Gasteiger partial charge in [-0.1, -0.05) is 44.5 Å². The molecule has 0 saturated carbocycles. The average molecular weight is 664 g/mol. The lowest BCUT2D eigenvalue weighted by atomic mass is 10.2. The van der Waals surface area contributed by atoms with Crippen LogP contribution in [-0.4, -0.2) is 53.2 Å². The number of nitrogens with one attached hydrogen (secondary N) is 3. The summed E-state index contributed by atoms with van der Waals surface area (Å²) in [7, 11) is -5.03. The summed E-state index contributed by atoms with van der Waals surface area (Å²) in [5, 5.41) is 8.10. The smallest absolute Gasteiger partial charge is 0.258 e. The fraction of sp³-hybridized carbons (Fsp3) is 0.480. The third-order valence-electron chi connectivity index (χ3n) is 6.84. The zero-order valence-electron chi connectivity index (χ0n) is 22.5. The molecule has 0 radical (unpaired) electrons. The van der Waals surface area contributed by atoms with Crippen LogP contribution >= 0.6 is 39.7 Å². The maximum atomic E-state index is 13.9. The number of hydrogen-bond donors (Lipinski definition) is 3. The van der Waals surface area contributed by atoms with Gasteiger partial charge in [0.05, 0.1) is 23.0 Å². The van der Waals surface area contributed by atoms with Crippen LogP contribution in [0.5, 0.6) is 5.75 Å². The fourth-order valence-corrected chi connectivity index (χ4v) is 7.28. The van der Waals surface area contributed by atoms with Crippen molar-refractivity contribution in [1.82, 2.24) is 9.84 Å². The number of anilines is 2. The molecule has 1 atom stereocenters. The highest BCUT2D eigenvalue weighted by Gasteiger charge is 2.42. The summed E-state index contributed by atoms with van der Waals surface area (Å²) in [5.41, 5.74) is 1.16. The molecule has 0 unspecified atom stereocenters. The van der Waals surface area contributed by atoms with Crippen molar-refractivity contribution < 1.29 is 17.6 Å². The Balaban J connectivity index is 2.05. The minimum atomic E-state index is -4.12. The lowest BCUT2D eigenvalue weighted by molar-refractivity contribution is 0.104. The lowest BCUT2D eigenvalue weighted by Crippen LogP contribution is -2.47. The number of hydrazine groups is 1. The zero-order chi connectivity index (χ0) is 28.3. The molecule has 1 aliphatic heterocycles. The van der Waals surface area contributed by atoms with E-state index in [9.17, 15) is 8.42 Å². The molecule has 2 aromatic rings. The van der Waals surface area contributed by atoms with Crippen molar-refractivity contribution in [2.45, 2.75) is 62.7 Å². The van der Waals surface area contributed by atoms with Gasteiger partial charge in [0.2, 0.25) is 0 Å². The number of methoxy groups -OCH3 is 1. The van der Waals surface area contributed by atoms with Gasteiger partial charge in [-0.05, 0) is 83.4 Å². The van der Waals surface area contributed by atoms with E-state index in [4.69, 9.17) is 33.0 Å². The molecule has 1 fully saturated rings. The molecule has 0 bridgehead atoms. The summed E-state index contributed by atoms with van der Waals surface area (Å²) >= 11 is 15.7. The molecule has 1 aliphatic rings. The second kappa shape index (κ2) is 12.5. The van der Waals surface area contributed by atoms with Crippen molar-refractivity contribution >= 4 is 74.6 Å². The number of hydrogen-bond acceptors (Lipinski definition) is 6. The molecule has 3 rings (SSSR count). The lowest BCUT2D eigenvalue weighted by Gasteiger charge is -2.38. The molecule has 210 valence electrons. The van der Waals surface area contributed by atoms with E-state index < -0.39 is 18.3 Å². The van der Waals surface area contributed by atoms with Gasteiger partial charge in [-0.25, -0.2) is 13.4 Å². The van der Waals surface area contributed by atoms with Crippen LogP contribution in [0.4, 0.5) is 11.4 Å². The number of benzene rings is 2. The number of halogens is 2. The molecule has 2 aromatic carbocycles. The van der Waals surface area contributed by atoms with Crippen LogP contribution in [0.1, 0.15) is 33.6 Å². The zero-order valence-corrected chi connectivity index (χ0v) is 27.5. The first kappa shape index (κ1) is 31.3. The normalized spacial score (nSPS) is 16.9. The Labute approximate surface area is 246 Å². The Morgan fingerprint density at radius 3 is 2.47 bits per heavy atom. The van der Waals surface area contributed by atoms with Gasteiger partial charge in [0.25, 0.3) is 18.3 Å². The van der Waals surface area contributed by atoms with Gasteiger partial charge in [-0.3, -0.25) is 0 Å². The average Bonchev–Trinajstić information content (AvgIpc) is 3.22. The maximum absolute atomic E-state index is 13.9. The molecule has 8 nitrogen and oxygen atoms in total. The van der Waals surface area contributed by atoms with Crippen LogP contribution in [0.2, 0.25) is 23.2 Å². The largest absolute Gasteiger partial charge is 0.541 e. The highest BCUT2D eigenvalue weighted by molar-refractivity contribution is 9.10. The highest BCUT2D eigenvalue weighted by atomic mass is 79.9. The van der Waals surface area contributed by atoms with Gasteiger partial charge in [-0.15, -0.1) is 4.83 Å². The second-order valence-corrected chi connectivity index (χ2v) is 18.7. The Bertz CT molecular complexity index is 1270. The molecule has 1 heterocycles. The molecule has 0 amide bonds. The van der Waals surface area contributed by atoms with E-state index in [1.54, 1.807) is 18.2 Å². The Hall–Kier alpha value is -1.25. The highest BCUT2D eigenvalue weighted by Crippen LogP contribution is 2.44. The summed E-state index contributed by atoms with van der Waals surface area (Å²) in [6, 6.07) is 10.7. The van der Waals surface area contributed by atoms with Crippen LogP contribution < -0.4 is 19.9 Å². The monoisotopic (exact) mass is 662 g/mol. The molecule has 0 aliphatic carbocycles. The molecule has 38 heavy (non-hydrogen) atoms. The fourth-order valence-electron chi connectivity index (χ4n) is 3.76. The van der Waals surface area contributed by atoms with Gasteiger partial charge >= 0.3 is 0 Å². The van der Waals surface area contributed by atoms with Gasteiger partial charge in [-0.2, -0.15) is 0 Å². The molecule has 13 heteroatoms. The molecule has 0 spiro atoms. The van der Waals surface area contributed by atoms with Crippen molar-refractivity contribution in [1.29, 1.82) is 0 Å². The molecular weight excluding hydrogens is 628 g/mol. The van der Waals surface area contributed by atoms with E-state index >= 15 is 0 Å². The standard InChI is InChI=1S/C25H36BrClN4O4S2Si/c1-25(2,3)38(5,6)35-22-21(29-24(36)28-20-12-8-7-11-18(20)26)14-13-19(27)23(22)37(32,33)30-31-15-9-10-17(31)16-34-4/h7-8,11-14,17,30H,9-10,15-16H2,1-6H3,(H2,28,29,36)/t17-/m1/s1. The van der Waals surface area contributed by atoms with E-state index in [2.05, 4.69) is 52.2 Å². The van der Waals surface area contributed by atoms with Crippen molar-refractivity contribution in [3.63, 3.8) is 0 Å². The number of rotatable bonds is 9. The predicted molar refractivity (Wildman–Crippen MR) is 165 cm³/mol. The van der Waals surface area contributed by atoms with Gasteiger partial charge in [0.1, 0.15) is 10.6 Å². The summed E-state index contributed by atoms with van der Waals surface area (Å²) in [6.45, 7) is 11.3. The van der Waals surface area contributed by atoms with Crippen molar-refractivity contribution in [3.8, 4) is 5.75 Å². The van der Waals surface area contributed by atoms with Crippen molar-refractivity contribution in [2.24, 2.45) is 0 Å². The summed E-state index contributed by atoms with van der Waals surface area (Å²) < 4.78 is 40.5. The first-order chi connectivity index (χ1) is 17.7. The Kier molecular flexibility index (Phi) is 10.3. The number of nitrogens with zero attached hydrogens (tertiary/aromatic N) is 1. The third-order valence-corrected chi connectivity index (χ3v) is 13.9. The van der Waals surface area contributed by atoms with E-state index in [1.807, 2.05) is 37.4 Å². The van der Waals surface area contributed by atoms with E-state index in [0.717, 1.165) is 23.0 Å². The van der Waals surface area contributed by atoms with Crippen LogP contribution in [0.3, 0.4) is 0 Å².